The summed E-state index contributed by atoms with van der Waals surface area (Å²) in [6.07, 6.45) is 6.52. The molecule has 1 aliphatic rings. The first kappa shape index (κ1) is 9.18. The molecule has 0 spiro atoms. The van der Waals surface area contributed by atoms with Crippen molar-refractivity contribution in [1.29, 1.82) is 0 Å². The van der Waals surface area contributed by atoms with Gasteiger partial charge in [0, 0.05) is 0 Å². The van der Waals surface area contributed by atoms with Gasteiger partial charge in [-0.2, -0.15) is 0 Å². The first-order chi connectivity index (χ1) is 5.20. The van der Waals surface area contributed by atoms with Gasteiger partial charge in [-0.15, -0.1) is 12.6 Å². The van der Waals surface area contributed by atoms with Gasteiger partial charge in [0.1, 0.15) is 0 Å². The highest BCUT2D eigenvalue weighted by atomic mass is 32.1. The topological polar surface area (TPSA) is 0 Å². The fourth-order valence-electron chi connectivity index (χ4n) is 1.66. The summed E-state index contributed by atoms with van der Waals surface area (Å²) in [5, 5.41) is 0. The molecule has 0 heterocycles. The third-order valence-corrected chi connectivity index (χ3v) is 2.74. The molecule has 0 bridgehead atoms. The van der Waals surface area contributed by atoms with Crippen LogP contribution in [0.25, 0.3) is 0 Å². The number of hydrogen-bond acceptors (Lipinski definition) is 1. The lowest BCUT2D eigenvalue weighted by Gasteiger charge is -2.18. The Hall–Kier alpha value is 0.0900. The number of rotatable bonds is 2. The second-order valence-electron chi connectivity index (χ2n) is 3.86. The van der Waals surface area contributed by atoms with Gasteiger partial charge in [0.2, 0.25) is 0 Å². The van der Waals surface area contributed by atoms with Crippen molar-refractivity contribution in [2.45, 2.75) is 46.0 Å². The molecule has 0 radical (unpaired) electrons. The molecule has 1 heteroatoms. The SMILES string of the molecule is CC(C)CC1=C(S)CCCC1. The Morgan fingerprint density at radius 3 is 2.45 bits per heavy atom. The lowest BCUT2D eigenvalue weighted by Crippen LogP contribution is -1.99. The molecule has 0 aromatic carbocycles. The van der Waals surface area contributed by atoms with Crippen molar-refractivity contribution in [2.75, 3.05) is 0 Å². The lowest BCUT2D eigenvalue weighted by atomic mass is 9.92. The summed E-state index contributed by atoms with van der Waals surface area (Å²) in [7, 11) is 0. The van der Waals surface area contributed by atoms with Gasteiger partial charge in [0.25, 0.3) is 0 Å². The van der Waals surface area contributed by atoms with E-state index < -0.39 is 0 Å². The zero-order chi connectivity index (χ0) is 8.27. The molecule has 0 nitrogen and oxygen atoms in total. The van der Waals surface area contributed by atoms with Crippen molar-refractivity contribution in [3.05, 3.63) is 10.5 Å². The predicted molar refractivity (Wildman–Crippen MR) is 53.9 cm³/mol. The summed E-state index contributed by atoms with van der Waals surface area (Å²) >= 11 is 4.51. The molecule has 0 aromatic heterocycles. The molecule has 0 aliphatic heterocycles. The monoisotopic (exact) mass is 170 g/mol. The third kappa shape index (κ3) is 2.90. The number of allylic oxidation sites excluding steroid dienone is 2. The highest BCUT2D eigenvalue weighted by Crippen LogP contribution is 2.30. The minimum atomic E-state index is 0.797. The normalized spacial score (nSPS) is 19.6. The second kappa shape index (κ2) is 4.20. The van der Waals surface area contributed by atoms with E-state index in [2.05, 4.69) is 26.5 Å². The van der Waals surface area contributed by atoms with Crippen molar-refractivity contribution < 1.29 is 0 Å². The maximum Gasteiger partial charge on any atom is -0.0192 e. The van der Waals surface area contributed by atoms with Crippen LogP contribution in [0.3, 0.4) is 0 Å². The first-order valence-corrected chi connectivity index (χ1v) is 5.04. The van der Waals surface area contributed by atoms with Gasteiger partial charge in [0.05, 0.1) is 0 Å². The van der Waals surface area contributed by atoms with Crippen LogP contribution in [-0.4, -0.2) is 0 Å². The summed E-state index contributed by atoms with van der Waals surface area (Å²) in [5.74, 6) is 0.797. The van der Waals surface area contributed by atoms with Crippen LogP contribution < -0.4 is 0 Å². The highest BCUT2D eigenvalue weighted by Gasteiger charge is 2.10. The third-order valence-electron chi connectivity index (χ3n) is 2.20. The Morgan fingerprint density at radius 1 is 1.27 bits per heavy atom. The Balaban J connectivity index is 2.52. The minimum absolute atomic E-state index is 0.797. The quantitative estimate of drug-likeness (QED) is 0.599. The molecule has 0 unspecified atom stereocenters. The molecule has 0 fully saturated rings. The second-order valence-corrected chi connectivity index (χ2v) is 4.40. The van der Waals surface area contributed by atoms with Crippen molar-refractivity contribution in [3.63, 3.8) is 0 Å². The zero-order valence-corrected chi connectivity index (χ0v) is 8.45. The fourth-order valence-corrected chi connectivity index (χ4v) is 2.03. The maximum absolute atomic E-state index is 4.51. The average Bonchev–Trinajstić information content (AvgIpc) is 1.93. The van der Waals surface area contributed by atoms with E-state index in [4.69, 9.17) is 0 Å². The highest BCUT2D eigenvalue weighted by molar-refractivity contribution is 7.84. The Bertz CT molecular complexity index is 156. The average molecular weight is 170 g/mol. The van der Waals surface area contributed by atoms with E-state index in [1.807, 2.05) is 0 Å². The summed E-state index contributed by atoms with van der Waals surface area (Å²) in [6.45, 7) is 4.56. The summed E-state index contributed by atoms with van der Waals surface area (Å²) in [5.41, 5.74) is 1.62. The van der Waals surface area contributed by atoms with Crippen molar-refractivity contribution >= 4 is 12.6 Å². The Kier molecular flexibility index (Phi) is 3.50. The van der Waals surface area contributed by atoms with E-state index in [0.29, 0.717) is 0 Å². The molecule has 0 amide bonds. The molecule has 1 aliphatic carbocycles. The smallest absolute Gasteiger partial charge is 0.0192 e. The lowest BCUT2D eigenvalue weighted by molar-refractivity contribution is 0.586. The number of hydrogen-bond donors (Lipinski definition) is 1. The Labute approximate surface area is 75.5 Å². The van der Waals surface area contributed by atoms with Crippen molar-refractivity contribution in [3.8, 4) is 0 Å². The van der Waals surface area contributed by atoms with Gasteiger partial charge in [0.15, 0.2) is 0 Å². The summed E-state index contributed by atoms with van der Waals surface area (Å²) < 4.78 is 0. The van der Waals surface area contributed by atoms with Gasteiger partial charge in [-0.1, -0.05) is 19.4 Å². The molecular weight excluding hydrogens is 152 g/mol. The predicted octanol–water partition coefficient (Wildman–Crippen LogP) is 3.79. The molecule has 11 heavy (non-hydrogen) atoms. The van der Waals surface area contributed by atoms with Crippen LogP contribution in [0.2, 0.25) is 0 Å². The standard InChI is InChI=1S/C10H18S/c1-8(2)7-9-5-3-4-6-10(9)11/h8,11H,3-7H2,1-2H3. The molecule has 0 atom stereocenters. The van der Waals surface area contributed by atoms with Crippen LogP contribution in [0.15, 0.2) is 10.5 Å². The fraction of sp³-hybridized carbons (Fsp3) is 0.800. The van der Waals surface area contributed by atoms with Crippen LogP contribution in [0.5, 0.6) is 0 Å². The van der Waals surface area contributed by atoms with Gasteiger partial charge in [-0.05, 0) is 42.9 Å². The molecule has 0 saturated carbocycles. The van der Waals surface area contributed by atoms with Crippen LogP contribution in [0.1, 0.15) is 46.0 Å². The summed E-state index contributed by atoms with van der Waals surface area (Å²) in [6, 6.07) is 0. The van der Waals surface area contributed by atoms with Gasteiger partial charge in [-0.25, -0.2) is 0 Å². The van der Waals surface area contributed by atoms with Crippen LogP contribution >= 0.6 is 12.6 Å². The van der Waals surface area contributed by atoms with Gasteiger partial charge < -0.3 is 0 Å². The van der Waals surface area contributed by atoms with Crippen molar-refractivity contribution in [1.82, 2.24) is 0 Å². The van der Waals surface area contributed by atoms with Gasteiger partial charge >= 0.3 is 0 Å². The van der Waals surface area contributed by atoms with Crippen LogP contribution in [0.4, 0.5) is 0 Å². The van der Waals surface area contributed by atoms with Crippen LogP contribution in [-0.2, 0) is 0 Å². The van der Waals surface area contributed by atoms with E-state index in [9.17, 15) is 0 Å². The molecule has 1 rings (SSSR count). The summed E-state index contributed by atoms with van der Waals surface area (Å²) in [4.78, 5) is 1.38. The van der Waals surface area contributed by atoms with E-state index in [1.54, 1.807) is 5.57 Å². The van der Waals surface area contributed by atoms with E-state index in [1.165, 1.54) is 37.0 Å². The number of thiol groups is 1. The zero-order valence-electron chi connectivity index (χ0n) is 7.56. The molecule has 0 aromatic rings. The molecule has 64 valence electrons. The molecule has 0 N–H and O–H groups in total. The van der Waals surface area contributed by atoms with E-state index in [-0.39, 0.29) is 0 Å². The van der Waals surface area contributed by atoms with Crippen LogP contribution in [0, 0.1) is 5.92 Å². The Morgan fingerprint density at radius 2 is 1.91 bits per heavy atom. The first-order valence-electron chi connectivity index (χ1n) is 4.60. The largest absolute Gasteiger partial charge is 0.148 e. The van der Waals surface area contributed by atoms with Gasteiger partial charge in [-0.3, -0.25) is 0 Å². The van der Waals surface area contributed by atoms with Crippen molar-refractivity contribution in [2.24, 2.45) is 5.92 Å². The minimum Gasteiger partial charge on any atom is -0.148 e. The molecular formula is C10H18S. The molecule has 0 saturated heterocycles. The maximum atomic E-state index is 4.51. The van der Waals surface area contributed by atoms with E-state index >= 15 is 0 Å². The van der Waals surface area contributed by atoms with E-state index in [0.717, 1.165) is 5.92 Å².